The number of anilines is 2. The van der Waals surface area contributed by atoms with Gasteiger partial charge in [-0.2, -0.15) is 9.97 Å². The van der Waals surface area contributed by atoms with Crippen molar-refractivity contribution in [1.82, 2.24) is 14.5 Å². The van der Waals surface area contributed by atoms with Crippen molar-refractivity contribution < 1.29 is 13.6 Å². The molecule has 5 rings (SSSR count). The zero-order valence-corrected chi connectivity index (χ0v) is 18.7. The monoisotopic (exact) mass is 462 g/mol. The van der Waals surface area contributed by atoms with Crippen LogP contribution in [0, 0.1) is 18.6 Å². The van der Waals surface area contributed by atoms with Gasteiger partial charge in [0.15, 0.2) is 0 Å². The van der Waals surface area contributed by atoms with Gasteiger partial charge in [0, 0.05) is 29.7 Å². The van der Waals surface area contributed by atoms with Crippen LogP contribution in [0.3, 0.4) is 0 Å². The number of amides is 1. The van der Waals surface area contributed by atoms with Crippen LogP contribution in [0.2, 0.25) is 0 Å². The molecule has 0 aliphatic carbocycles. The molecular formula is C25H24F2N6O. The lowest BCUT2D eigenvalue weighted by Crippen LogP contribution is -2.14. The third-order valence-electron chi connectivity index (χ3n) is 6.03. The van der Waals surface area contributed by atoms with Crippen LogP contribution in [-0.2, 0) is 13.0 Å². The molecule has 1 amide bonds. The van der Waals surface area contributed by atoms with Crippen LogP contribution < -0.4 is 16.4 Å². The summed E-state index contributed by atoms with van der Waals surface area (Å²) in [6.07, 6.45) is 2.77. The second kappa shape index (κ2) is 8.74. The summed E-state index contributed by atoms with van der Waals surface area (Å²) in [5.41, 5.74) is 8.52. The molecule has 2 aromatic heterocycles. The Morgan fingerprint density at radius 2 is 2.00 bits per heavy atom. The zero-order valence-electron chi connectivity index (χ0n) is 18.7. The van der Waals surface area contributed by atoms with Gasteiger partial charge in [0.05, 0.1) is 11.1 Å². The van der Waals surface area contributed by atoms with Crippen molar-refractivity contribution in [1.29, 1.82) is 0 Å². The number of benzene rings is 2. The number of nitrogens with zero attached hydrogens (tertiary/aromatic N) is 3. The fraction of sp³-hybridized carbons (Fsp3) is 0.240. The highest BCUT2D eigenvalue weighted by molar-refractivity contribution is 6.06. The molecule has 0 bridgehead atoms. The molecule has 1 aliphatic heterocycles. The molecule has 7 nitrogen and oxygen atoms in total. The fourth-order valence-electron chi connectivity index (χ4n) is 4.44. The maximum Gasteiger partial charge on any atom is 0.249 e. The van der Waals surface area contributed by atoms with Crippen molar-refractivity contribution in [2.75, 3.05) is 17.2 Å². The molecule has 0 unspecified atom stereocenters. The Kier molecular flexibility index (Phi) is 5.61. The van der Waals surface area contributed by atoms with E-state index in [4.69, 9.17) is 15.7 Å². The minimum Gasteiger partial charge on any atom is -0.370 e. The van der Waals surface area contributed by atoms with Gasteiger partial charge in [-0.3, -0.25) is 9.36 Å². The van der Waals surface area contributed by atoms with E-state index in [1.54, 1.807) is 16.7 Å². The van der Waals surface area contributed by atoms with Gasteiger partial charge in [-0.15, -0.1) is 0 Å². The summed E-state index contributed by atoms with van der Waals surface area (Å²) < 4.78 is 29.8. The number of aromatic nitrogens is 3. The molecule has 2 aromatic carbocycles. The Morgan fingerprint density at radius 3 is 2.79 bits per heavy atom. The number of nitrogens with two attached hydrogens (primary N) is 1. The first-order chi connectivity index (χ1) is 16.4. The molecule has 34 heavy (non-hydrogen) atoms. The molecule has 4 aromatic rings. The van der Waals surface area contributed by atoms with Gasteiger partial charge in [0.25, 0.3) is 0 Å². The summed E-state index contributed by atoms with van der Waals surface area (Å²) in [6.45, 7) is 3.00. The van der Waals surface area contributed by atoms with E-state index < -0.39 is 11.7 Å². The van der Waals surface area contributed by atoms with Gasteiger partial charge in [-0.05, 0) is 62.1 Å². The standard InChI is InChI=1S/C25H24F2N6O/c1-14-9-19-20(22(28)34)11-17(27)12-21(19)33(14)25-31-23-18(7-2-3-8-29-23)24(32-25)30-13-15-5-4-6-16(26)10-15/h4-6,9-12H,2-3,7-8,13H2,1H3,(H2,28,34)(H2,29,30,31,32). The number of hydrogen-bond donors (Lipinski definition) is 3. The Bertz CT molecular complexity index is 1410. The summed E-state index contributed by atoms with van der Waals surface area (Å²) >= 11 is 0. The Balaban J connectivity index is 1.64. The van der Waals surface area contributed by atoms with Crippen molar-refractivity contribution in [3.63, 3.8) is 0 Å². The SMILES string of the molecule is Cc1cc2c(C(N)=O)cc(F)cc2n1-c1nc2c(c(NCc3cccc(F)c3)n1)CCCCN2. The van der Waals surface area contributed by atoms with Gasteiger partial charge in [0.2, 0.25) is 11.9 Å². The van der Waals surface area contributed by atoms with Crippen LogP contribution >= 0.6 is 0 Å². The van der Waals surface area contributed by atoms with Gasteiger partial charge in [0.1, 0.15) is 23.3 Å². The minimum absolute atomic E-state index is 0.106. The van der Waals surface area contributed by atoms with E-state index in [0.717, 1.165) is 48.7 Å². The first-order valence-corrected chi connectivity index (χ1v) is 11.2. The van der Waals surface area contributed by atoms with E-state index >= 15 is 0 Å². The van der Waals surface area contributed by atoms with Crippen molar-refractivity contribution >= 4 is 28.4 Å². The number of primary amides is 1. The van der Waals surface area contributed by atoms with Crippen molar-refractivity contribution in [3.05, 3.63) is 76.5 Å². The summed E-state index contributed by atoms with van der Waals surface area (Å²) in [7, 11) is 0. The second-order valence-corrected chi connectivity index (χ2v) is 8.44. The highest BCUT2D eigenvalue weighted by Gasteiger charge is 2.21. The van der Waals surface area contributed by atoms with Crippen LogP contribution in [0.4, 0.5) is 20.4 Å². The Hall–Kier alpha value is -4.01. The summed E-state index contributed by atoms with van der Waals surface area (Å²) in [4.78, 5) is 21.5. The van der Waals surface area contributed by atoms with Gasteiger partial charge in [-0.1, -0.05) is 12.1 Å². The molecule has 0 fully saturated rings. The van der Waals surface area contributed by atoms with E-state index in [2.05, 4.69) is 10.6 Å². The lowest BCUT2D eigenvalue weighted by Gasteiger charge is -2.17. The van der Waals surface area contributed by atoms with Crippen LogP contribution in [0.25, 0.3) is 16.9 Å². The molecule has 0 radical (unpaired) electrons. The van der Waals surface area contributed by atoms with E-state index in [1.807, 2.05) is 13.0 Å². The number of carbonyl (C=O) groups is 1. The Morgan fingerprint density at radius 1 is 1.15 bits per heavy atom. The maximum absolute atomic E-state index is 14.4. The minimum atomic E-state index is -0.705. The van der Waals surface area contributed by atoms with Crippen LogP contribution in [0.1, 0.15) is 40.0 Å². The predicted molar refractivity (Wildman–Crippen MR) is 127 cm³/mol. The van der Waals surface area contributed by atoms with Crippen LogP contribution in [-0.4, -0.2) is 27.0 Å². The molecule has 0 spiro atoms. The molecule has 1 aliphatic rings. The maximum atomic E-state index is 14.4. The highest BCUT2D eigenvalue weighted by atomic mass is 19.1. The largest absolute Gasteiger partial charge is 0.370 e. The molecule has 174 valence electrons. The van der Waals surface area contributed by atoms with E-state index in [0.29, 0.717) is 35.0 Å². The smallest absolute Gasteiger partial charge is 0.249 e. The fourth-order valence-corrected chi connectivity index (χ4v) is 4.44. The number of nitrogens with one attached hydrogen (secondary N) is 2. The number of aryl methyl sites for hydroxylation is 1. The van der Waals surface area contributed by atoms with Crippen molar-refractivity contribution in [2.24, 2.45) is 5.73 Å². The Labute approximate surface area is 195 Å². The predicted octanol–water partition coefficient (Wildman–Crippen LogP) is 4.47. The first kappa shape index (κ1) is 21.8. The molecule has 0 saturated heterocycles. The molecule has 9 heteroatoms. The molecule has 3 heterocycles. The normalized spacial score (nSPS) is 13.3. The topological polar surface area (TPSA) is 97.9 Å². The zero-order chi connectivity index (χ0) is 23.8. The van der Waals surface area contributed by atoms with Gasteiger partial charge < -0.3 is 16.4 Å². The molecule has 0 atom stereocenters. The lowest BCUT2D eigenvalue weighted by atomic mass is 10.1. The molecule has 4 N–H and O–H groups in total. The van der Waals surface area contributed by atoms with Crippen molar-refractivity contribution in [2.45, 2.75) is 32.7 Å². The van der Waals surface area contributed by atoms with E-state index in [1.165, 1.54) is 18.2 Å². The lowest BCUT2D eigenvalue weighted by molar-refractivity contribution is 0.100. The van der Waals surface area contributed by atoms with Gasteiger partial charge >= 0.3 is 0 Å². The molecule has 0 saturated carbocycles. The number of carbonyl (C=O) groups excluding carboxylic acids is 1. The number of halogens is 2. The third kappa shape index (κ3) is 4.05. The summed E-state index contributed by atoms with van der Waals surface area (Å²) in [5.74, 6) is 0.0957. The third-order valence-corrected chi connectivity index (χ3v) is 6.03. The van der Waals surface area contributed by atoms with Crippen LogP contribution in [0.15, 0.2) is 42.5 Å². The average molecular weight is 463 g/mol. The number of rotatable bonds is 5. The van der Waals surface area contributed by atoms with E-state index in [9.17, 15) is 13.6 Å². The van der Waals surface area contributed by atoms with Gasteiger partial charge in [-0.25, -0.2) is 8.78 Å². The first-order valence-electron chi connectivity index (χ1n) is 11.2. The molecular weight excluding hydrogens is 438 g/mol. The quantitative estimate of drug-likeness (QED) is 0.407. The summed E-state index contributed by atoms with van der Waals surface area (Å²) in [6, 6.07) is 10.6. The van der Waals surface area contributed by atoms with Crippen LogP contribution in [0.5, 0.6) is 0 Å². The number of hydrogen-bond acceptors (Lipinski definition) is 5. The van der Waals surface area contributed by atoms with Crippen molar-refractivity contribution in [3.8, 4) is 5.95 Å². The highest BCUT2D eigenvalue weighted by Crippen LogP contribution is 2.31. The van der Waals surface area contributed by atoms with E-state index in [-0.39, 0.29) is 11.4 Å². The summed E-state index contributed by atoms with van der Waals surface area (Å²) in [5, 5.41) is 7.24. The number of fused-ring (bicyclic) bond motifs is 2. The average Bonchev–Trinajstić information content (AvgIpc) is 2.96. The second-order valence-electron chi connectivity index (χ2n) is 8.44.